The van der Waals surface area contributed by atoms with Crippen LogP contribution in [0.4, 0.5) is 4.79 Å². The van der Waals surface area contributed by atoms with Crippen LogP contribution in [0.3, 0.4) is 0 Å². The van der Waals surface area contributed by atoms with E-state index in [1.54, 1.807) is 19.9 Å². The van der Waals surface area contributed by atoms with Gasteiger partial charge >= 0.3 is 12.0 Å². The second-order valence-electron chi connectivity index (χ2n) is 4.46. The van der Waals surface area contributed by atoms with Crippen molar-refractivity contribution >= 4 is 34.9 Å². The van der Waals surface area contributed by atoms with Crippen molar-refractivity contribution in [3.8, 4) is 0 Å². The van der Waals surface area contributed by atoms with Gasteiger partial charge in [0.1, 0.15) is 0 Å². The van der Waals surface area contributed by atoms with Crippen LogP contribution in [0.25, 0.3) is 0 Å². The van der Waals surface area contributed by atoms with E-state index in [1.165, 1.54) is 11.3 Å². The monoisotopic (exact) mass is 304 g/mol. The van der Waals surface area contributed by atoms with Gasteiger partial charge in [0, 0.05) is 11.4 Å². The van der Waals surface area contributed by atoms with Gasteiger partial charge in [-0.05, 0) is 25.5 Å². The van der Waals surface area contributed by atoms with Crippen LogP contribution in [0.15, 0.2) is 12.1 Å². The van der Waals surface area contributed by atoms with Crippen LogP contribution < -0.4 is 10.6 Å². The van der Waals surface area contributed by atoms with E-state index >= 15 is 0 Å². The van der Waals surface area contributed by atoms with E-state index in [1.807, 2.05) is 6.07 Å². The predicted octanol–water partition coefficient (Wildman–Crippen LogP) is 2.70. The first-order chi connectivity index (χ1) is 8.87. The molecule has 19 heavy (non-hydrogen) atoms. The van der Waals surface area contributed by atoms with Crippen molar-refractivity contribution in [3.63, 3.8) is 0 Å². The molecule has 1 unspecified atom stereocenters. The summed E-state index contributed by atoms with van der Waals surface area (Å²) in [5, 5.41) is 14.3. The molecule has 0 fully saturated rings. The third-order valence-electron chi connectivity index (χ3n) is 2.99. The molecule has 3 N–H and O–H groups in total. The molecule has 0 aromatic carbocycles. The summed E-state index contributed by atoms with van der Waals surface area (Å²) >= 11 is 7.17. The van der Waals surface area contributed by atoms with Crippen LogP contribution in [-0.4, -0.2) is 23.7 Å². The fourth-order valence-corrected chi connectivity index (χ4v) is 2.33. The highest BCUT2D eigenvalue weighted by molar-refractivity contribution is 7.16. The zero-order valence-electron chi connectivity index (χ0n) is 10.8. The summed E-state index contributed by atoms with van der Waals surface area (Å²) in [7, 11) is 0. The fourth-order valence-electron chi connectivity index (χ4n) is 1.30. The Bertz CT molecular complexity index is 464. The van der Waals surface area contributed by atoms with Gasteiger partial charge in [0.2, 0.25) is 0 Å². The Labute approximate surface area is 121 Å². The number of carboxylic acid groups (broad SMARTS) is 1. The molecule has 0 radical (unpaired) electrons. The molecule has 0 spiro atoms. The summed E-state index contributed by atoms with van der Waals surface area (Å²) in [6, 6.07) is 3.21. The number of halogens is 1. The zero-order valence-corrected chi connectivity index (χ0v) is 12.4. The third-order valence-corrected chi connectivity index (χ3v) is 4.22. The highest BCUT2D eigenvalue weighted by atomic mass is 35.5. The number of urea groups is 1. The smallest absolute Gasteiger partial charge is 0.315 e. The van der Waals surface area contributed by atoms with Gasteiger partial charge in [0.05, 0.1) is 16.3 Å². The molecule has 7 heteroatoms. The molecule has 1 aromatic rings. The number of nitrogens with one attached hydrogen (secondary N) is 2. The van der Waals surface area contributed by atoms with Gasteiger partial charge in [-0.25, -0.2) is 4.79 Å². The zero-order chi connectivity index (χ0) is 14.5. The molecule has 1 rings (SSSR count). The number of thiophene rings is 1. The number of rotatable bonds is 6. The van der Waals surface area contributed by atoms with Crippen molar-refractivity contribution < 1.29 is 14.7 Å². The summed E-state index contributed by atoms with van der Waals surface area (Å²) in [6.45, 7) is 3.85. The Hall–Kier alpha value is -1.27. The van der Waals surface area contributed by atoms with E-state index in [4.69, 9.17) is 16.7 Å². The molecule has 0 saturated heterocycles. The molecule has 1 heterocycles. The quantitative estimate of drug-likeness (QED) is 0.756. The van der Waals surface area contributed by atoms with Gasteiger partial charge in [-0.2, -0.15) is 0 Å². The van der Waals surface area contributed by atoms with Crippen LogP contribution in [0.5, 0.6) is 0 Å². The van der Waals surface area contributed by atoms with Gasteiger partial charge in [-0.3, -0.25) is 4.79 Å². The first-order valence-electron chi connectivity index (χ1n) is 5.86. The minimum absolute atomic E-state index is 0.0931. The molecule has 0 aliphatic heterocycles. The topological polar surface area (TPSA) is 78.4 Å². The van der Waals surface area contributed by atoms with Gasteiger partial charge < -0.3 is 15.7 Å². The first kappa shape index (κ1) is 15.8. The van der Waals surface area contributed by atoms with Crippen LogP contribution >= 0.6 is 22.9 Å². The van der Waals surface area contributed by atoms with Gasteiger partial charge in [0.15, 0.2) is 0 Å². The van der Waals surface area contributed by atoms with Crippen molar-refractivity contribution in [2.45, 2.75) is 26.8 Å². The predicted molar refractivity (Wildman–Crippen MR) is 75.6 cm³/mol. The number of carbonyl (C=O) groups is 2. The largest absolute Gasteiger partial charge is 0.481 e. The van der Waals surface area contributed by atoms with Crippen LogP contribution in [0.1, 0.15) is 25.1 Å². The van der Waals surface area contributed by atoms with E-state index in [0.717, 1.165) is 4.88 Å². The van der Waals surface area contributed by atoms with Crippen molar-refractivity contribution in [2.24, 2.45) is 5.41 Å². The maximum Gasteiger partial charge on any atom is 0.315 e. The summed E-state index contributed by atoms with van der Waals surface area (Å²) < 4.78 is 0.668. The molecule has 2 amide bonds. The maximum absolute atomic E-state index is 11.6. The highest BCUT2D eigenvalue weighted by Gasteiger charge is 2.31. The fraction of sp³-hybridized carbons (Fsp3) is 0.500. The number of aliphatic carboxylic acids is 1. The average Bonchev–Trinajstić information content (AvgIpc) is 2.79. The normalized spacial score (nSPS) is 13.6. The molecule has 5 nitrogen and oxygen atoms in total. The molecule has 0 aliphatic rings. The number of amides is 2. The van der Waals surface area contributed by atoms with Crippen molar-refractivity contribution in [2.75, 3.05) is 6.54 Å². The summed E-state index contributed by atoms with van der Waals surface area (Å²) in [6.07, 6.45) is 0.448. The lowest BCUT2D eigenvalue weighted by Gasteiger charge is -2.23. The Morgan fingerprint density at radius 1 is 1.42 bits per heavy atom. The second-order valence-corrected chi connectivity index (χ2v) is 6.26. The number of carbonyl (C=O) groups excluding carboxylic acids is 1. The summed E-state index contributed by atoms with van der Waals surface area (Å²) in [5.74, 6) is -0.916. The van der Waals surface area contributed by atoms with Crippen LogP contribution in [-0.2, 0) is 11.3 Å². The van der Waals surface area contributed by atoms with Crippen molar-refractivity contribution in [3.05, 3.63) is 21.3 Å². The Morgan fingerprint density at radius 3 is 2.58 bits per heavy atom. The Balaban J connectivity index is 2.37. The van der Waals surface area contributed by atoms with E-state index in [2.05, 4.69) is 10.6 Å². The molecule has 0 aliphatic carbocycles. The van der Waals surface area contributed by atoms with Gasteiger partial charge in [-0.1, -0.05) is 18.5 Å². The van der Waals surface area contributed by atoms with E-state index in [9.17, 15) is 9.59 Å². The molecular formula is C12H17ClN2O3S. The number of hydrogen-bond donors (Lipinski definition) is 3. The van der Waals surface area contributed by atoms with Crippen LogP contribution in [0.2, 0.25) is 4.34 Å². The van der Waals surface area contributed by atoms with Crippen molar-refractivity contribution in [1.82, 2.24) is 10.6 Å². The lowest BCUT2D eigenvalue weighted by atomic mass is 9.88. The number of hydrogen-bond acceptors (Lipinski definition) is 3. The second kappa shape index (κ2) is 6.77. The van der Waals surface area contributed by atoms with E-state index in [0.29, 0.717) is 17.3 Å². The SMILES string of the molecule is CCC(C)(CNC(=O)NCc1ccc(Cl)s1)C(=O)O. The minimum atomic E-state index is -0.941. The average molecular weight is 305 g/mol. The first-order valence-corrected chi connectivity index (χ1v) is 7.06. The third kappa shape index (κ3) is 4.72. The molecule has 0 saturated carbocycles. The van der Waals surface area contributed by atoms with Crippen LogP contribution in [0, 0.1) is 5.41 Å². The van der Waals surface area contributed by atoms with Crippen molar-refractivity contribution in [1.29, 1.82) is 0 Å². The molecule has 1 atom stereocenters. The lowest BCUT2D eigenvalue weighted by molar-refractivity contribution is -0.147. The standard InChI is InChI=1S/C12H17ClN2O3S/c1-3-12(2,10(16)17)7-15-11(18)14-6-8-4-5-9(13)19-8/h4-5H,3,6-7H2,1-2H3,(H,16,17)(H2,14,15,18). The highest BCUT2D eigenvalue weighted by Crippen LogP contribution is 2.21. The molecule has 1 aromatic heterocycles. The van der Waals surface area contributed by atoms with E-state index < -0.39 is 11.4 Å². The van der Waals surface area contributed by atoms with Gasteiger partial charge in [-0.15, -0.1) is 11.3 Å². The summed E-state index contributed by atoms with van der Waals surface area (Å²) in [5.41, 5.74) is -0.941. The molecule has 0 bridgehead atoms. The van der Waals surface area contributed by atoms with Gasteiger partial charge in [0.25, 0.3) is 0 Å². The Kier molecular flexibility index (Phi) is 5.62. The van der Waals surface area contributed by atoms with E-state index in [-0.39, 0.29) is 12.6 Å². The summed E-state index contributed by atoms with van der Waals surface area (Å²) in [4.78, 5) is 23.6. The molecule has 106 valence electrons. The maximum atomic E-state index is 11.6. The minimum Gasteiger partial charge on any atom is -0.481 e. The Morgan fingerprint density at radius 2 is 2.11 bits per heavy atom. The number of carboxylic acids is 1. The molecular weight excluding hydrogens is 288 g/mol. The lowest BCUT2D eigenvalue weighted by Crippen LogP contribution is -2.44.